The molecule has 3 aromatic rings. The van der Waals surface area contributed by atoms with Crippen molar-refractivity contribution in [2.45, 2.75) is 32.9 Å². The summed E-state index contributed by atoms with van der Waals surface area (Å²) < 4.78 is 7.60. The molecule has 4 rings (SSSR count). The number of aryl methyl sites for hydroxylation is 1. The third-order valence-electron chi connectivity index (χ3n) is 5.66. The molecule has 0 unspecified atom stereocenters. The van der Waals surface area contributed by atoms with E-state index in [4.69, 9.17) is 17.0 Å². The van der Waals surface area contributed by atoms with Crippen molar-refractivity contribution in [1.82, 2.24) is 19.8 Å². The smallest absolute Gasteiger partial charge is 0.170 e. The van der Waals surface area contributed by atoms with E-state index in [9.17, 15) is 0 Å². The molecule has 0 bridgehead atoms. The Bertz CT molecular complexity index is 1010. The number of thiocarbonyl (C=S) groups is 1. The number of methoxy groups -OCH3 is 1. The number of pyridine rings is 1. The van der Waals surface area contributed by atoms with Crippen molar-refractivity contribution < 1.29 is 4.74 Å². The quantitative estimate of drug-likeness (QED) is 0.633. The number of hydrogen-bond donors (Lipinski definition) is 1. The topological polar surface area (TPSA) is 42.3 Å². The first-order valence-corrected chi connectivity index (χ1v) is 10.3. The van der Waals surface area contributed by atoms with Crippen molar-refractivity contribution in [2.75, 3.05) is 13.7 Å². The molecule has 29 heavy (non-hydrogen) atoms. The van der Waals surface area contributed by atoms with Gasteiger partial charge < -0.3 is 19.5 Å². The van der Waals surface area contributed by atoms with Gasteiger partial charge in [-0.05, 0) is 81.0 Å². The minimum atomic E-state index is 0.0217. The molecule has 5 nitrogen and oxygen atoms in total. The molecule has 0 radical (unpaired) electrons. The van der Waals surface area contributed by atoms with Crippen LogP contribution in [0.4, 0.5) is 0 Å². The first-order valence-electron chi connectivity index (χ1n) is 9.86. The molecular formula is C23H26N4OS. The summed E-state index contributed by atoms with van der Waals surface area (Å²) in [6, 6.07) is 16.6. The predicted molar refractivity (Wildman–Crippen MR) is 120 cm³/mol. The number of nitrogens with zero attached hydrogens (tertiary/aromatic N) is 3. The molecule has 3 heterocycles. The van der Waals surface area contributed by atoms with E-state index in [-0.39, 0.29) is 12.1 Å². The summed E-state index contributed by atoms with van der Waals surface area (Å²) in [6.45, 7) is 7.31. The molecular weight excluding hydrogens is 380 g/mol. The highest BCUT2D eigenvalue weighted by Crippen LogP contribution is 2.41. The highest BCUT2D eigenvalue weighted by molar-refractivity contribution is 7.80. The van der Waals surface area contributed by atoms with E-state index in [1.165, 1.54) is 17.0 Å². The van der Waals surface area contributed by atoms with Gasteiger partial charge in [-0.25, -0.2) is 0 Å². The van der Waals surface area contributed by atoms with Crippen LogP contribution in [0.3, 0.4) is 0 Å². The van der Waals surface area contributed by atoms with Crippen LogP contribution >= 0.6 is 12.2 Å². The van der Waals surface area contributed by atoms with Crippen molar-refractivity contribution in [3.05, 3.63) is 77.4 Å². The summed E-state index contributed by atoms with van der Waals surface area (Å²) in [5.41, 5.74) is 5.80. The van der Waals surface area contributed by atoms with Gasteiger partial charge in [-0.2, -0.15) is 0 Å². The number of rotatable bonds is 5. The van der Waals surface area contributed by atoms with E-state index < -0.39 is 0 Å². The second-order valence-electron chi connectivity index (χ2n) is 7.27. The lowest BCUT2D eigenvalue weighted by molar-refractivity contribution is 0.329. The maximum absolute atomic E-state index is 5.66. The summed E-state index contributed by atoms with van der Waals surface area (Å²) in [7, 11) is 1.69. The molecule has 1 N–H and O–H groups in total. The number of benzene rings is 1. The molecule has 0 aliphatic carbocycles. The predicted octanol–water partition coefficient (Wildman–Crippen LogP) is 4.49. The van der Waals surface area contributed by atoms with Gasteiger partial charge in [0.15, 0.2) is 5.11 Å². The Morgan fingerprint density at radius 1 is 1.14 bits per heavy atom. The highest BCUT2D eigenvalue weighted by Gasteiger charge is 2.40. The van der Waals surface area contributed by atoms with Gasteiger partial charge in [0, 0.05) is 29.8 Å². The Morgan fingerprint density at radius 3 is 2.52 bits per heavy atom. The molecule has 1 aromatic carbocycles. The number of aromatic nitrogens is 2. The average Bonchev–Trinajstić information content (AvgIpc) is 3.23. The van der Waals surface area contributed by atoms with Gasteiger partial charge in [0.25, 0.3) is 0 Å². The lowest BCUT2D eigenvalue weighted by atomic mass is 9.97. The minimum Gasteiger partial charge on any atom is -0.497 e. The van der Waals surface area contributed by atoms with E-state index in [2.05, 4.69) is 64.8 Å². The van der Waals surface area contributed by atoms with Crippen molar-refractivity contribution in [3.63, 3.8) is 0 Å². The Kier molecular flexibility index (Phi) is 5.28. The summed E-state index contributed by atoms with van der Waals surface area (Å²) >= 11 is 5.66. The van der Waals surface area contributed by atoms with Crippen molar-refractivity contribution in [2.24, 2.45) is 0 Å². The van der Waals surface area contributed by atoms with Gasteiger partial charge in [-0.1, -0.05) is 6.07 Å². The molecule has 2 aromatic heterocycles. The van der Waals surface area contributed by atoms with Crippen molar-refractivity contribution in [1.29, 1.82) is 0 Å². The van der Waals surface area contributed by atoms with Crippen LogP contribution in [0.1, 0.15) is 41.7 Å². The van der Waals surface area contributed by atoms with E-state index >= 15 is 0 Å². The van der Waals surface area contributed by atoms with Crippen molar-refractivity contribution >= 4 is 17.3 Å². The number of hydrogen-bond acceptors (Lipinski definition) is 3. The SMILES string of the molecule is CCN1C(=S)N[C@H](c2ccccn2)[C@H]1c1cc(C)n(-c2ccc(OC)cc2)c1C. The first-order chi connectivity index (χ1) is 14.0. The summed E-state index contributed by atoms with van der Waals surface area (Å²) in [5, 5.41) is 4.28. The Balaban J connectivity index is 1.80. The minimum absolute atomic E-state index is 0.0217. The molecule has 6 heteroatoms. The second kappa shape index (κ2) is 7.87. The van der Waals surface area contributed by atoms with Crippen molar-refractivity contribution in [3.8, 4) is 11.4 Å². The fraction of sp³-hybridized carbons (Fsp3) is 0.304. The van der Waals surface area contributed by atoms with Gasteiger partial charge >= 0.3 is 0 Å². The molecule has 1 fully saturated rings. The normalized spacial score (nSPS) is 18.8. The molecule has 1 aliphatic rings. The largest absolute Gasteiger partial charge is 0.497 e. The lowest BCUT2D eigenvalue weighted by Gasteiger charge is -2.27. The number of nitrogens with one attached hydrogen (secondary N) is 1. The standard InChI is InChI=1S/C23H26N4OS/c1-5-26-22(21(25-23(26)29)20-8-6-7-13-24-20)19-14-15(2)27(16(19)3)17-9-11-18(28-4)12-10-17/h6-14,21-22H,5H2,1-4H3,(H,25,29)/t21-,22-/m1/s1. The third kappa shape index (κ3) is 3.38. The maximum atomic E-state index is 5.66. The van der Waals surface area contributed by atoms with Gasteiger partial charge in [0.2, 0.25) is 0 Å². The lowest BCUT2D eigenvalue weighted by Crippen LogP contribution is -2.29. The highest BCUT2D eigenvalue weighted by atomic mass is 32.1. The molecule has 1 aliphatic heterocycles. The van der Waals surface area contributed by atoms with E-state index in [0.717, 1.165) is 28.8 Å². The van der Waals surface area contributed by atoms with Crippen LogP contribution in [0.2, 0.25) is 0 Å². The van der Waals surface area contributed by atoms with Crippen LogP contribution in [-0.2, 0) is 0 Å². The number of likely N-dealkylation sites (N-methyl/N-ethyl adjacent to an activating group) is 1. The summed E-state index contributed by atoms with van der Waals surface area (Å²) in [6.07, 6.45) is 1.84. The molecule has 0 saturated carbocycles. The maximum Gasteiger partial charge on any atom is 0.170 e. The van der Waals surface area contributed by atoms with E-state index in [1.807, 2.05) is 30.5 Å². The van der Waals surface area contributed by atoms with Gasteiger partial charge in [0.05, 0.1) is 24.9 Å². The van der Waals surface area contributed by atoms with Crippen LogP contribution in [0.15, 0.2) is 54.7 Å². The van der Waals surface area contributed by atoms with Crippen LogP contribution in [0.25, 0.3) is 5.69 Å². The van der Waals surface area contributed by atoms with Gasteiger partial charge in [0.1, 0.15) is 5.75 Å². The monoisotopic (exact) mass is 406 g/mol. The molecule has 1 saturated heterocycles. The fourth-order valence-corrected chi connectivity index (χ4v) is 4.67. The van der Waals surface area contributed by atoms with Gasteiger partial charge in [-0.15, -0.1) is 0 Å². The first kappa shape index (κ1) is 19.5. The van der Waals surface area contributed by atoms with E-state index in [0.29, 0.717) is 0 Å². The average molecular weight is 407 g/mol. The molecule has 150 valence electrons. The molecule has 2 atom stereocenters. The zero-order valence-corrected chi connectivity index (χ0v) is 18.0. The molecule has 0 amide bonds. The van der Waals surface area contributed by atoms with Crippen LogP contribution in [0.5, 0.6) is 5.75 Å². The Labute approximate surface area is 177 Å². The number of ether oxygens (including phenoxy) is 1. The zero-order chi connectivity index (χ0) is 20.5. The van der Waals surface area contributed by atoms with Crippen LogP contribution in [-0.4, -0.2) is 33.2 Å². The van der Waals surface area contributed by atoms with Crippen LogP contribution in [0, 0.1) is 13.8 Å². The zero-order valence-electron chi connectivity index (χ0n) is 17.2. The Hall–Kier alpha value is -2.86. The fourth-order valence-electron chi connectivity index (χ4n) is 4.30. The van der Waals surface area contributed by atoms with E-state index in [1.54, 1.807) is 7.11 Å². The summed E-state index contributed by atoms with van der Waals surface area (Å²) in [5.74, 6) is 0.856. The summed E-state index contributed by atoms with van der Waals surface area (Å²) in [4.78, 5) is 6.87. The third-order valence-corrected chi connectivity index (χ3v) is 6.01. The van der Waals surface area contributed by atoms with Crippen LogP contribution < -0.4 is 10.1 Å². The molecule has 0 spiro atoms. The van der Waals surface area contributed by atoms with Gasteiger partial charge in [-0.3, -0.25) is 4.98 Å². The second-order valence-corrected chi connectivity index (χ2v) is 7.66. The Morgan fingerprint density at radius 2 is 1.90 bits per heavy atom.